The lowest BCUT2D eigenvalue weighted by Gasteiger charge is -2.21. The van der Waals surface area contributed by atoms with Crippen LogP contribution in [-0.4, -0.2) is 41.9 Å². The smallest absolute Gasteiger partial charge is 0.318 e. The minimum absolute atomic E-state index is 0.0181. The molecule has 0 saturated carbocycles. The van der Waals surface area contributed by atoms with E-state index in [0.717, 1.165) is 10.5 Å². The summed E-state index contributed by atoms with van der Waals surface area (Å²) in [6, 6.07) is 4.31. The first-order valence-corrected chi connectivity index (χ1v) is 7.29. The summed E-state index contributed by atoms with van der Waals surface area (Å²) in [5.74, 6) is -1.24. The van der Waals surface area contributed by atoms with E-state index in [9.17, 15) is 13.2 Å². The van der Waals surface area contributed by atoms with Crippen molar-refractivity contribution in [2.75, 3.05) is 13.1 Å². The molecule has 0 radical (unpaired) electrons. The molecule has 0 aromatic carbocycles. The molecule has 7 nitrogen and oxygen atoms in total. The minimum atomic E-state index is -3.94. The second-order valence-corrected chi connectivity index (χ2v) is 6.51. The van der Waals surface area contributed by atoms with Crippen molar-refractivity contribution in [2.24, 2.45) is 5.92 Å². The lowest BCUT2D eigenvalue weighted by atomic mass is 10.2. The van der Waals surface area contributed by atoms with Gasteiger partial charge in [0.15, 0.2) is 0 Å². The molecule has 0 bridgehead atoms. The highest BCUT2D eigenvalue weighted by molar-refractivity contribution is 7.89. The summed E-state index contributed by atoms with van der Waals surface area (Å²) in [6.45, 7) is 3.07. The molecule has 1 heterocycles. The summed E-state index contributed by atoms with van der Waals surface area (Å²) >= 11 is 0. The second kappa shape index (κ2) is 6.45. The number of carboxylic acids is 1. The molecule has 1 aromatic heterocycles. The monoisotopic (exact) mass is 297 g/mol. The molecule has 1 rings (SSSR count). The summed E-state index contributed by atoms with van der Waals surface area (Å²) < 4.78 is 25.6. The van der Waals surface area contributed by atoms with Crippen LogP contribution in [0.3, 0.4) is 0 Å². The summed E-state index contributed by atoms with van der Waals surface area (Å²) in [5, 5.41) is 17.5. The van der Waals surface area contributed by atoms with Gasteiger partial charge in [0.1, 0.15) is 23.2 Å². The van der Waals surface area contributed by atoms with Gasteiger partial charge in [-0.2, -0.15) is 9.57 Å². The van der Waals surface area contributed by atoms with Crippen molar-refractivity contribution in [3.05, 3.63) is 24.0 Å². The van der Waals surface area contributed by atoms with E-state index in [0.29, 0.717) is 0 Å². The fraction of sp³-hybridized carbons (Fsp3) is 0.417. The van der Waals surface area contributed by atoms with Crippen LogP contribution in [0.25, 0.3) is 0 Å². The van der Waals surface area contributed by atoms with Crippen LogP contribution in [-0.2, 0) is 14.8 Å². The molecule has 1 aromatic rings. The molecule has 0 spiro atoms. The van der Waals surface area contributed by atoms with Crippen molar-refractivity contribution in [3.8, 4) is 6.07 Å². The Balaban J connectivity index is 3.14. The predicted octanol–water partition coefficient (Wildman–Crippen LogP) is 0.685. The maximum absolute atomic E-state index is 12.3. The van der Waals surface area contributed by atoms with Crippen molar-refractivity contribution in [2.45, 2.75) is 18.7 Å². The molecule has 108 valence electrons. The molecule has 8 heteroatoms. The van der Waals surface area contributed by atoms with Crippen LogP contribution in [0.1, 0.15) is 19.5 Å². The number of pyridine rings is 1. The largest absolute Gasteiger partial charge is 0.480 e. The molecule has 0 aliphatic heterocycles. The Bertz CT molecular complexity index is 617. The van der Waals surface area contributed by atoms with Crippen molar-refractivity contribution in [1.82, 2.24) is 9.29 Å². The Morgan fingerprint density at radius 3 is 2.55 bits per heavy atom. The Morgan fingerprint density at radius 2 is 2.15 bits per heavy atom. The number of nitriles is 1. The van der Waals surface area contributed by atoms with Gasteiger partial charge in [-0.05, 0) is 18.1 Å². The Kier molecular flexibility index (Phi) is 5.19. The number of hydrogen-bond acceptors (Lipinski definition) is 5. The van der Waals surface area contributed by atoms with E-state index in [1.165, 1.54) is 12.1 Å². The highest BCUT2D eigenvalue weighted by atomic mass is 32.2. The van der Waals surface area contributed by atoms with Crippen molar-refractivity contribution < 1.29 is 18.3 Å². The van der Waals surface area contributed by atoms with Crippen LogP contribution in [0, 0.1) is 17.2 Å². The SMILES string of the molecule is CC(C)CN(CC(=O)O)S(=O)(=O)c1ccc(C#N)nc1. The van der Waals surface area contributed by atoms with Gasteiger partial charge >= 0.3 is 5.97 Å². The van der Waals surface area contributed by atoms with E-state index in [2.05, 4.69) is 4.98 Å². The normalized spacial score (nSPS) is 11.6. The lowest BCUT2D eigenvalue weighted by Crippen LogP contribution is -2.38. The first kappa shape index (κ1) is 16.1. The average molecular weight is 297 g/mol. The van der Waals surface area contributed by atoms with E-state index in [1.54, 1.807) is 19.9 Å². The fourth-order valence-corrected chi connectivity index (χ4v) is 3.05. The molecule has 0 unspecified atom stereocenters. The van der Waals surface area contributed by atoms with Gasteiger partial charge in [-0.25, -0.2) is 13.4 Å². The van der Waals surface area contributed by atoms with Crippen LogP contribution >= 0.6 is 0 Å². The first-order chi connectivity index (χ1) is 9.27. The molecule has 0 aliphatic carbocycles. The van der Waals surface area contributed by atoms with Gasteiger partial charge in [0.05, 0.1) is 0 Å². The standard InChI is InChI=1S/C12H15N3O4S/c1-9(2)7-15(8-12(16)17)20(18,19)11-4-3-10(5-13)14-6-11/h3-4,6,9H,7-8H2,1-2H3,(H,16,17). The first-order valence-electron chi connectivity index (χ1n) is 5.85. The Labute approximate surface area is 117 Å². The van der Waals surface area contributed by atoms with Gasteiger partial charge in [0, 0.05) is 12.7 Å². The molecular formula is C12H15N3O4S. The number of carboxylic acid groups (broad SMARTS) is 1. The van der Waals surface area contributed by atoms with Crippen LogP contribution < -0.4 is 0 Å². The van der Waals surface area contributed by atoms with Gasteiger partial charge in [0.2, 0.25) is 10.0 Å². The third kappa shape index (κ3) is 4.01. The summed E-state index contributed by atoms with van der Waals surface area (Å²) in [5.41, 5.74) is 0.0950. The van der Waals surface area contributed by atoms with Gasteiger partial charge in [-0.15, -0.1) is 0 Å². The molecule has 0 aliphatic rings. The molecule has 0 amide bonds. The van der Waals surface area contributed by atoms with E-state index in [-0.39, 0.29) is 23.1 Å². The van der Waals surface area contributed by atoms with Crippen LogP contribution in [0.4, 0.5) is 0 Å². The molecule has 0 atom stereocenters. The number of hydrogen-bond donors (Lipinski definition) is 1. The molecular weight excluding hydrogens is 282 g/mol. The van der Waals surface area contributed by atoms with Crippen molar-refractivity contribution in [3.63, 3.8) is 0 Å². The second-order valence-electron chi connectivity index (χ2n) is 4.58. The zero-order chi connectivity index (χ0) is 15.3. The average Bonchev–Trinajstić information content (AvgIpc) is 2.37. The van der Waals surface area contributed by atoms with Gasteiger partial charge in [0.25, 0.3) is 0 Å². The third-order valence-corrected chi connectivity index (χ3v) is 4.16. The van der Waals surface area contributed by atoms with Crippen molar-refractivity contribution >= 4 is 16.0 Å². The number of nitrogens with zero attached hydrogens (tertiary/aromatic N) is 3. The maximum Gasteiger partial charge on any atom is 0.318 e. The maximum atomic E-state index is 12.3. The molecule has 20 heavy (non-hydrogen) atoms. The number of carbonyl (C=O) groups is 1. The highest BCUT2D eigenvalue weighted by Gasteiger charge is 2.27. The molecule has 1 N–H and O–H groups in total. The van der Waals surface area contributed by atoms with Crippen LogP contribution in [0.5, 0.6) is 0 Å². The Morgan fingerprint density at radius 1 is 1.50 bits per heavy atom. The number of aromatic nitrogens is 1. The zero-order valence-corrected chi connectivity index (χ0v) is 12.0. The lowest BCUT2D eigenvalue weighted by molar-refractivity contribution is -0.137. The highest BCUT2D eigenvalue weighted by Crippen LogP contribution is 2.16. The van der Waals surface area contributed by atoms with Gasteiger partial charge in [-0.3, -0.25) is 4.79 Å². The summed E-state index contributed by atoms with van der Waals surface area (Å²) in [4.78, 5) is 14.4. The van der Waals surface area contributed by atoms with E-state index in [4.69, 9.17) is 10.4 Å². The van der Waals surface area contributed by atoms with E-state index >= 15 is 0 Å². The Hall–Kier alpha value is -1.98. The zero-order valence-electron chi connectivity index (χ0n) is 11.1. The summed E-state index contributed by atoms with van der Waals surface area (Å²) in [6.07, 6.45) is 1.06. The quantitative estimate of drug-likeness (QED) is 0.826. The summed E-state index contributed by atoms with van der Waals surface area (Å²) in [7, 11) is -3.94. The molecule has 0 fully saturated rings. The number of rotatable bonds is 6. The predicted molar refractivity (Wildman–Crippen MR) is 70.2 cm³/mol. The van der Waals surface area contributed by atoms with Crippen LogP contribution in [0.2, 0.25) is 0 Å². The number of sulfonamides is 1. The van der Waals surface area contributed by atoms with E-state index in [1.807, 2.05) is 0 Å². The van der Waals surface area contributed by atoms with E-state index < -0.39 is 22.5 Å². The topological polar surface area (TPSA) is 111 Å². The van der Waals surface area contributed by atoms with Crippen molar-refractivity contribution in [1.29, 1.82) is 5.26 Å². The van der Waals surface area contributed by atoms with Gasteiger partial charge < -0.3 is 5.11 Å². The van der Waals surface area contributed by atoms with Crippen LogP contribution in [0.15, 0.2) is 23.2 Å². The number of aliphatic carboxylic acids is 1. The van der Waals surface area contributed by atoms with Gasteiger partial charge in [-0.1, -0.05) is 13.8 Å². The third-order valence-electron chi connectivity index (χ3n) is 2.37. The molecule has 0 saturated heterocycles. The minimum Gasteiger partial charge on any atom is -0.480 e. The fourth-order valence-electron chi connectivity index (χ4n) is 1.55.